The molecule has 1 aliphatic rings. The van der Waals surface area contributed by atoms with E-state index in [-0.39, 0.29) is 46.5 Å². The molecule has 0 aromatic heterocycles. The number of benzene rings is 3. The zero-order valence-electron chi connectivity index (χ0n) is 23.1. The van der Waals surface area contributed by atoms with E-state index >= 15 is 0 Å². The maximum Gasteiger partial charge on any atom is 0.262 e. The zero-order valence-corrected chi connectivity index (χ0v) is 25.5. The van der Waals surface area contributed by atoms with Crippen LogP contribution in [0, 0.1) is 11.7 Å². The van der Waals surface area contributed by atoms with Gasteiger partial charge in [-0.05, 0) is 67.6 Å². The van der Waals surface area contributed by atoms with Gasteiger partial charge in [-0.2, -0.15) is 4.31 Å². The molecule has 226 valence electrons. The van der Waals surface area contributed by atoms with Gasteiger partial charge in [-0.3, -0.25) is 9.52 Å². The van der Waals surface area contributed by atoms with Gasteiger partial charge in [0, 0.05) is 24.5 Å². The summed E-state index contributed by atoms with van der Waals surface area (Å²) in [5, 5.41) is 10.2. The first-order valence-corrected chi connectivity index (χ1v) is 16.3. The molecular formula is C28H31ClFN3O7S2. The number of aliphatic hydroxyl groups excluding tert-OH is 1. The lowest BCUT2D eigenvalue weighted by molar-refractivity contribution is 0.0389. The third-order valence-corrected chi connectivity index (χ3v) is 10.5. The van der Waals surface area contributed by atoms with Crippen LogP contribution in [0.2, 0.25) is 5.02 Å². The van der Waals surface area contributed by atoms with Gasteiger partial charge in [0.05, 0.1) is 40.2 Å². The molecule has 0 radical (unpaired) electrons. The predicted molar refractivity (Wildman–Crippen MR) is 156 cm³/mol. The van der Waals surface area contributed by atoms with Gasteiger partial charge in [0.1, 0.15) is 11.9 Å². The maximum atomic E-state index is 13.7. The van der Waals surface area contributed by atoms with Gasteiger partial charge in [0.15, 0.2) is 5.75 Å². The van der Waals surface area contributed by atoms with Crippen molar-refractivity contribution in [2.75, 3.05) is 31.5 Å². The molecule has 4 rings (SSSR count). The number of nitrogens with zero attached hydrogens (tertiary/aromatic N) is 2. The molecule has 14 heteroatoms. The van der Waals surface area contributed by atoms with Crippen LogP contribution < -0.4 is 9.46 Å². The van der Waals surface area contributed by atoms with Crippen molar-refractivity contribution in [3.05, 3.63) is 83.1 Å². The minimum absolute atomic E-state index is 0.0319. The standard InChI is InChI=1S/C28H31ClFN3O7S2/c1-18-15-33(19(2)17-34)28(35)24-5-4-6-25(31-41(36,37)22-11-7-20(29)8-12-22)27(24)40-26(18)16-32(3)42(38,39)23-13-9-21(30)10-14-23/h4-14,18-19,26,31,34H,15-17H2,1-3H3/t18-,19+,26+/m1/s1. The van der Waals surface area contributed by atoms with Crippen LogP contribution in [0.4, 0.5) is 10.1 Å². The number of carbonyl (C=O) groups is 1. The Kier molecular flexibility index (Phi) is 9.48. The summed E-state index contributed by atoms with van der Waals surface area (Å²) in [6, 6.07) is 13.7. The first kappa shape index (κ1) is 31.7. The first-order valence-electron chi connectivity index (χ1n) is 13.0. The number of anilines is 1. The quantitative estimate of drug-likeness (QED) is 0.364. The molecule has 10 nitrogen and oxygen atoms in total. The highest BCUT2D eigenvalue weighted by molar-refractivity contribution is 7.92. The monoisotopic (exact) mass is 639 g/mol. The van der Waals surface area contributed by atoms with Crippen molar-refractivity contribution < 1.29 is 35.9 Å². The summed E-state index contributed by atoms with van der Waals surface area (Å²) >= 11 is 5.91. The van der Waals surface area contributed by atoms with E-state index in [0.29, 0.717) is 5.02 Å². The highest BCUT2D eigenvalue weighted by Gasteiger charge is 2.36. The van der Waals surface area contributed by atoms with Crippen LogP contribution in [0.25, 0.3) is 0 Å². The molecule has 1 aliphatic heterocycles. The van der Waals surface area contributed by atoms with Crippen LogP contribution in [-0.4, -0.2) is 75.9 Å². The van der Waals surface area contributed by atoms with E-state index in [2.05, 4.69) is 4.72 Å². The number of aliphatic hydroxyl groups is 1. The molecule has 3 aromatic rings. The third-order valence-electron chi connectivity index (χ3n) is 7.02. The van der Waals surface area contributed by atoms with Crippen molar-refractivity contribution in [3.63, 3.8) is 0 Å². The fraction of sp³-hybridized carbons (Fsp3) is 0.321. The van der Waals surface area contributed by atoms with Crippen LogP contribution in [0.15, 0.2) is 76.5 Å². The van der Waals surface area contributed by atoms with E-state index in [1.54, 1.807) is 13.8 Å². The Morgan fingerprint density at radius 2 is 1.69 bits per heavy atom. The summed E-state index contributed by atoms with van der Waals surface area (Å²) in [6.45, 7) is 3.03. The van der Waals surface area contributed by atoms with E-state index in [4.69, 9.17) is 16.3 Å². The minimum Gasteiger partial charge on any atom is -0.486 e. The molecule has 0 aliphatic carbocycles. The maximum absolute atomic E-state index is 13.7. The van der Waals surface area contributed by atoms with Crippen molar-refractivity contribution in [1.29, 1.82) is 0 Å². The Morgan fingerprint density at radius 3 is 2.31 bits per heavy atom. The molecule has 1 heterocycles. The van der Waals surface area contributed by atoms with E-state index in [9.17, 15) is 31.1 Å². The molecule has 1 amide bonds. The van der Waals surface area contributed by atoms with E-state index in [1.807, 2.05) is 0 Å². The van der Waals surface area contributed by atoms with E-state index < -0.39 is 49.8 Å². The molecule has 0 saturated heterocycles. The Morgan fingerprint density at radius 1 is 1.07 bits per heavy atom. The van der Waals surface area contributed by atoms with Crippen molar-refractivity contribution in [2.45, 2.75) is 35.8 Å². The number of carbonyl (C=O) groups excluding carboxylic acids is 1. The van der Waals surface area contributed by atoms with Crippen LogP contribution in [0.5, 0.6) is 5.75 Å². The fourth-order valence-corrected chi connectivity index (χ4v) is 6.87. The van der Waals surface area contributed by atoms with Gasteiger partial charge in [0.2, 0.25) is 10.0 Å². The summed E-state index contributed by atoms with van der Waals surface area (Å²) in [5.41, 5.74) is 0.00287. The molecule has 0 saturated carbocycles. The molecule has 3 aromatic carbocycles. The van der Waals surface area contributed by atoms with Crippen molar-refractivity contribution >= 4 is 43.2 Å². The molecular weight excluding hydrogens is 609 g/mol. The number of para-hydroxylation sites is 1. The summed E-state index contributed by atoms with van der Waals surface area (Å²) in [7, 11) is -6.85. The summed E-state index contributed by atoms with van der Waals surface area (Å²) < 4.78 is 76.3. The molecule has 42 heavy (non-hydrogen) atoms. The SMILES string of the molecule is C[C@@H]1CN([C@@H](C)CO)C(=O)c2cccc(NS(=O)(=O)c3ccc(Cl)cc3)c2O[C@H]1CN(C)S(=O)(=O)c1ccc(F)cc1. The van der Waals surface area contributed by atoms with E-state index in [0.717, 1.165) is 28.6 Å². The van der Waals surface area contributed by atoms with Crippen LogP contribution >= 0.6 is 11.6 Å². The Labute approximate surface area is 249 Å². The summed E-state index contributed by atoms with van der Waals surface area (Å²) in [4.78, 5) is 14.9. The Bertz CT molecular complexity index is 1650. The number of likely N-dealkylation sites (N-methyl/N-ethyl adjacent to an activating group) is 1. The molecule has 0 unspecified atom stereocenters. The summed E-state index contributed by atoms with van der Waals surface area (Å²) in [5.74, 6) is -1.62. The van der Waals surface area contributed by atoms with Crippen molar-refractivity contribution in [3.8, 4) is 5.75 Å². The van der Waals surface area contributed by atoms with Gasteiger partial charge in [-0.1, -0.05) is 24.6 Å². The lowest BCUT2D eigenvalue weighted by Crippen LogP contribution is -2.50. The fourth-order valence-electron chi connectivity index (χ4n) is 4.50. The number of amides is 1. The van der Waals surface area contributed by atoms with Crippen LogP contribution in [0.1, 0.15) is 24.2 Å². The third kappa shape index (κ3) is 6.70. The number of fused-ring (bicyclic) bond motifs is 1. The molecule has 2 N–H and O–H groups in total. The number of hydrogen-bond acceptors (Lipinski definition) is 7. The first-order chi connectivity index (χ1) is 19.7. The van der Waals surface area contributed by atoms with Crippen LogP contribution in [-0.2, 0) is 20.0 Å². The number of sulfonamides is 2. The predicted octanol–water partition coefficient (Wildman–Crippen LogP) is 3.82. The average molecular weight is 640 g/mol. The lowest BCUT2D eigenvalue weighted by Gasteiger charge is -2.38. The lowest BCUT2D eigenvalue weighted by atomic mass is 9.99. The van der Waals surface area contributed by atoms with Crippen LogP contribution in [0.3, 0.4) is 0 Å². The second-order valence-corrected chi connectivity index (χ2v) is 14.3. The number of halogens is 2. The average Bonchev–Trinajstić information content (AvgIpc) is 2.95. The normalized spacial score (nSPS) is 18.5. The Balaban J connectivity index is 1.76. The largest absolute Gasteiger partial charge is 0.486 e. The molecule has 0 spiro atoms. The minimum atomic E-state index is -4.14. The van der Waals surface area contributed by atoms with Crippen molar-refractivity contribution in [1.82, 2.24) is 9.21 Å². The number of nitrogens with one attached hydrogen (secondary N) is 1. The second kappa shape index (κ2) is 12.6. The van der Waals surface area contributed by atoms with Gasteiger partial charge < -0.3 is 14.7 Å². The van der Waals surface area contributed by atoms with Crippen molar-refractivity contribution in [2.24, 2.45) is 5.92 Å². The highest BCUT2D eigenvalue weighted by Crippen LogP contribution is 2.36. The smallest absolute Gasteiger partial charge is 0.262 e. The van der Waals surface area contributed by atoms with Gasteiger partial charge in [-0.15, -0.1) is 0 Å². The number of ether oxygens (including phenoxy) is 1. The van der Waals surface area contributed by atoms with Gasteiger partial charge in [-0.25, -0.2) is 21.2 Å². The van der Waals surface area contributed by atoms with E-state index in [1.165, 1.54) is 54.4 Å². The molecule has 3 atom stereocenters. The zero-order chi connectivity index (χ0) is 30.8. The Hall–Kier alpha value is -3.23. The molecule has 0 fully saturated rings. The van der Waals surface area contributed by atoms with Gasteiger partial charge in [0.25, 0.3) is 15.9 Å². The number of rotatable bonds is 9. The molecule has 0 bridgehead atoms. The van der Waals surface area contributed by atoms with Gasteiger partial charge >= 0.3 is 0 Å². The summed E-state index contributed by atoms with van der Waals surface area (Å²) in [6.07, 6.45) is -0.869. The number of hydrogen-bond donors (Lipinski definition) is 2. The second-order valence-electron chi connectivity index (χ2n) is 10.1. The topological polar surface area (TPSA) is 133 Å². The highest BCUT2D eigenvalue weighted by atomic mass is 35.5.